The third kappa shape index (κ3) is 4.63. The maximum atomic E-state index is 12.8. The summed E-state index contributed by atoms with van der Waals surface area (Å²) in [5, 5.41) is 5.08. The molecule has 0 bridgehead atoms. The molecular formula is C22H23N3O4S2. The number of benzene rings is 2. The summed E-state index contributed by atoms with van der Waals surface area (Å²) >= 11 is 1.31. The van der Waals surface area contributed by atoms with Gasteiger partial charge in [0.2, 0.25) is 10.0 Å². The SMILES string of the molecule is COc1ccccc1-c1csc(NC(=O)c2ccc(S(=O)(=O)N3CCCCC3)cc2)n1. The number of hydrogen-bond acceptors (Lipinski definition) is 6. The third-order valence-electron chi connectivity index (χ3n) is 5.18. The molecule has 162 valence electrons. The van der Waals surface area contributed by atoms with Crippen molar-refractivity contribution in [1.82, 2.24) is 9.29 Å². The molecule has 2 aromatic carbocycles. The zero-order valence-corrected chi connectivity index (χ0v) is 18.7. The molecule has 1 amide bonds. The average molecular weight is 458 g/mol. The summed E-state index contributed by atoms with van der Waals surface area (Å²) in [5.41, 5.74) is 1.92. The first-order valence-corrected chi connectivity index (χ1v) is 12.3. The van der Waals surface area contributed by atoms with E-state index in [1.807, 2.05) is 29.6 Å². The number of amides is 1. The van der Waals surface area contributed by atoms with Crippen LogP contribution in [0.15, 0.2) is 58.8 Å². The van der Waals surface area contributed by atoms with Crippen LogP contribution in [0, 0.1) is 0 Å². The van der Waals surface area contributed by atoms with Gasteiger partial charge in [-0.15, -0.1) is 11.3 Å². The van der Waals surface area contributed by atoms with Gasteiger partial charge in [0.15, 0.2) is 5.13 Å². The summed E-state index contributed by atoms with van der Waals surface area (Å²) < 4.78 is 32.4. The van der Waals surface area contributed by atoms with Gasteiger partial charge in [-0.1, -0.05) is 18.6 Å². The molecule has 1 saturated heterocycles. The summed E-state index contributed by atoms with van der Waals surface area (Å²) in [6, 6.07) is 13.6. The van der Waals surface area contributed by atoms with Crippen LogP contribution in [-0.2, 0) is 10.0 Å². The summed E-state index contributed by atoms with van der Waals surface area (Å²) in [4.78, 5) is 17.3. The van der Waals surface area contributed by atoms with Crippen LogP contribution >= 0.6 is 11.3 Å². The molecule has 0 saturated carbocycles. The van der Waals surface area contributed by atoms with Crippen molar-refractivity contribution in [3.05, 3.63) is 59.5 Å². The monoisotopic (exact) mass is 457 g/mol. The highest BCUT2D eigenvalue weighted by Gasteiger charge is 2.26. The number of anilines is 1. The summed E-state index contributed by atoms with van der Waals surface area (Å²) in [6.07, 6.45) is 2.81. The predicted molar refractivity (Wildman–Crippen MR) is 121 cm³/mol. The Labute approximate surface area is 185 Å². The van der Waals surface area contributed by atoms with E-state index in [9.17, 15) is 13.2 Å². The molecule has 1 aromatic heterocycles. The Morgan fingerprint density at radius 2 is 1.77 bits per heavy atom. The molecule has 0 unspecified atom stereocenters. The van der Waals surface area contributed by atoms with Gasteiger partial charge >= 0.3 is 0 Å². The van der Waals surface area contributed by atoms with Gasteiger partial charge in [0.1, 0.15) is 5.75 Å². The van der Waals surface area contributed by atoms with Crippen molar-refractivity contribution in [3.63, 3.8) is 0 Å². The number of thiazole rings is 1. The Balaban J connectivity index is 1.47. The lowest BCUT2D eigenvalue weighted by Gasteiger charge is -2.25. The fourth-order valence-electron chi connectivity index (χ4n) is 3.51. The zero-order valence-electron chi connectivity index (χ0n) is 17.1. The molecule has 4 rings (SSSR count). The van der Waals surface area contributed by atoms with Crippen LogP contribution in [0.1, 0.15) is 29.6 Å². The first-order valence-electron chi connectivity index (χ1n) is 9.99. The average Bonchev–Trinajstić information content (AvgIpc) is 3.28. The summed E-state index contributed by atoms with van der Waals surface area (Å²) in [6.45, 7) is 1.09. The van der Waals surface area contributed by atoms with Crippen LogP contribution in [0.3, 0.4) is 0 Å². The van der Waals surface area contributed by atoms with Gasteiger partial charge in [-0.3, -0.25) is 10.1 Å². The van der Waals surface area contributed by atoms with E-state index in [2.05, 4.69) is 10.3 Å². The number of carbonyl (C=O) groups is 1. The molecule has 3 aromatic rings. The molecule has 1 aliphatic heterocycles. The molecule has 0 radical (unpaired) electrons. The number of nitrogens with one attached hydrogen (secondary N) is 1. The molecule has 0 aliphatic carbocycles. The quantitative estimate of drug-likeness (QED) is 0.598. The molecule has 9 heteroatoms. The van der Waals surface area contributed by atoms with E-state index >= 15 is 0 Å². The van der Waals surface area contributed by atoms with Gasteiger partial charge < -0.3 is 4.74 Å². The second-order valence-corrected chi connectivity index (χ2v) is 9.98. The first-order chi connectivity index (χ1) is 15.0. The van der Waals surface area contributed by atoms with E-state index < -0.39 is 10.0 Å². The normalized spacial score (nSPS) is 14.9. The third-order valence-corrected chi connectivity index (χ3v) is 7.85. The van der Waals surface area contributed by atoms with Crippen LogP contribution in [0.25, 0.3) is 11.3 Å². The fraction of sp³-hybridized carbons (Fsp3) is 0.273. The fourth-order valence-corrected chi connectivity index (χ4v) is 5.74. The van der Waals surface area contributed by atoms with Gasteiger partial charge in [-0.25, -0.2) is 13.4 Å². The van der Waals surface area contributed by atoms with Crippen LogP contribution < -0.4 is 10.1 Å². The maximum absolute atomic E-state index is 12.8. The van der Waals surface area contributed by atoms with E-state index in [4.69, 9.17) is 4.74 Å². The van der Waals surface area contributed by atoms with E-state index in [0.717, 1.165) is 24.8 Å². The van der Waals surface area contributed by atoms with Gasteiger partial charge in [-0.05, 0) is 49.2 Å². The summed E-state index contributed by atoms with van der Waals surface area (Å²) in [7, 11) is -1.92. The number of ether oxygens (including phenoxy) is 1. The van der Waals surface area contributed by atoms with Gasteiger partial charge in [0.05, 0.1) is 17.7 Å². The van der Waals surface area contributed by atoms with Gasteiger partial charge in [-0.2, -0.15) is 4.31 Å². The van der Waals surface area contributed by atoms with Crippen molar-refractivity contribution in [2.75, 3.05) is 25.5 Å². The largest absolute Gasteiger partial charge is 0.496 e. The minimum Gasteiger partial charge on any atom is -0.496 e. The number of rotatable bonds is 6. The summed E-state index contributed by atoms with van der Waals surface area (Å²) in [5.74, 6) is 0.360. The topological polar surface area (TPSA) is 88.6 Å². The van der Waals surface area contributed by atoms with E-state index in [1.54, 1.807) is 7.11 Å². The molecule has 1 N–H and O–H groups in total. The number of para-hydroxylation sites is 1. The van der Waals surface area contributed by atoms with Crippen molar-refractivity contribution < 1.29 is 17.9 Å². The molecule has 0 spiro atoms. The lowest BCUT2D eigenvalue weighted by atomic mass is 10.1. The molecule has 7 nitrogen and oxygen atoms in total. The molecule has 31 heavy (non-hydrogen) atoms. The van der Waals surface area contributed by atoms with Crippen molar-refractivity contribution in [2.24, 2.45) is 0 Å². The molecule has 0 atom stereocenters. The number of sulfonamides is 1. The van der Waals surface area contributed by atoms with Gasteiger partial charge in [0.25, 0.3) is 5.91 Å². The lowest BCUT2D eigenvalue weighted by molar-refractivity contribution is 0.102. The van der Waals surface area contributed by atoms with Gasteiger partial charge in [0, 0.05) is 29.6 Å². The smallest absolute Gasteiger partial charge is 0.257 e. The minimum absolute atomic E-state index is 0.207. The van der Waals surface area contributed by atoms with Crippen LogP contribution in [0.2, 0.25) is 0 Å². The molecule has 1 aliphatic rings. The minimum atomic E-state index is -3.52. The standard InChI is InChI=1S/C22H23N3O4S2/c1-29-20-8-4-3-7-18(20)19-15-30-22(23-19)24-21(26)16-9-11-17(12-10-16)31(27,28)25-13-5-2-6-14-25/h3-4,7-12,15H,2,5-6,13-14H2,1H3,(H,23,24,26). The van der Waals surface area contributed by atoms with E-state index in [1.165, 1.54) is 39.9 Å². The van der Waals surface area contributed by atoms with Crippen LogP contribution in [-0.4, -0.2) is 43.8 Å². The van der Waals surface area contributed by atoms with E-state index in [0.29, 0.717) is 35.2 Å². The zero-order chi connectivity index (χ0) is 21.8. The second-order valence-electron chi connectivity index (χ2n) is 7.18. The first kappa shape index (κ1) is 21.5. The highest BCUT2D eigenvalue weighted by atomic mass is 32.2. The second kappa shape index (κ2) is 9.17. The van der Waals surface area contributed by atoms with Crippen LogP contribution in [0.5, 0.6) is 5.75 Å². The number of nitrogens with zero attached hydrogens (tertiary/aromatic N) is 2. The van der Waals surface area contributed by atoms with Crippen molar-refractivity contribution in [3.8, 4) is 17.0 Å². The molecular weight excluding hydrogens is 434 g/mol. The Bertz CT molecular complexity index is 1170. The molecule has 2 heterocycles. The van der Waals surface area contributed by atoms with E-state index in [-0.39, 0.29) is 10.8 Å². The Morgan fingerprint density at radius 3 is 2.48 bits per heavy atom. The van der Waals surface area contributed by atoms with Crippen molar-refractivity contribution >= 4 is 32.4 Å². The number of piperidine rings is 1. The highest BCUT2D eigenvalue weighted by Crippen LogP contribution is 2.32. The van der Waals surface area contributed by atoms with Crippen molar-refractivity contribution in [2.45, 2.75) is 24.2 Å². The van der Waals surface area contributed by atoms with Crippen molar-refractivity contribution in [1.29, 1.82) is 0 Å². The number of methoxy groups -OCH3 is 1. The number of carbonyl (C=O) groups excluding carboxylic acids is 1. The number of aromatic nitrogens is 1. The Morgan fingerprint density at radius 1 is 1.06 bits per heavy atom. The Hall–Kier alpha value is -2.75. The molecule has 1 fully saturated rings. The Kier molecular flexibility index (Phi) is 6.35. The highest BCUT2D eigenvalue weighted by molar-refractivity contribution is 7.89. The van der Waals surface area contributed by atoms with Crippen LogP contribution in [0.4, 0.5) is 5.13 Å². The predicted octanol–water partition coefficient (Wildman–Crippen LogP) is 4.25. The maximum Gasteiger partial charge on any atom is 0.257 e. The lowest BCUT2D eigenvalue weighted by Crippen LogP contribution is -2.35. The number of hydrogen-bond donors (Lipinski definition) is 1.